The molecule has 0 radical (unpaired) electrons. The minimum atomic E-state index is -2.73. The minimum absolute atomic E-state index is 0.0718. The predicted octanol–water partition coefficient (Wildman–Crippen LogP) is 3.55. The highest BCUT2D eigenvalue weighted by Crippen LogP contribution is 2.19. The van der Waals surface area contributed by atoms with E-state index in [1.165, 1.54) is 6.20 Å². The molecule has 1 aromatic heterocycles. The van der Waals surface area contributed by atoms with Crippen molar-refractivity contribution in [3.63, 3.8) is 0 Å². The molecule has 0 aromatic carbocycles. The normalized spacial score (nSPS) is 12.6. The van der Waals surface area contributed by atoms with Crippen LogP contribution >= 0.6 is 0 Å². The number of amides is 1. The summed E-state index contributed by atoms with van der Waals surface area (Å²) >= 11 is 0. The summed E-state index contributed by atoms with van der Waals surface area (Å²) in [6, 6.07) is 4.64. The highest BCUT2D eigenvalue weighted by Gasteiger charge is 2.38. The van der Waals surface area contributed by atoms with E-state index in [-0.39, 0.29) is 11.9 Å². The van der Waals surface area contributed by atoms with E-state index >= 15 is 0 Å². The third-order valence-corrected chi connectivity index (χ3v) is 11.0. The Hall–Kier alpha value is -1.59. The van der Waals surface area contributed by atoms with Crippen LogP contribution in [-0.4, -0.2) is 95.2 Å². The average molecular weight is 517 g/mol. The van der Waals surface area contributed by atoms with E-state index < -0.39 is 17.6 Å². The number of hydrogen-bond donors (Lipinski definition) is 0. The summed E-state index contributed by atoms with van der Waals surface area (Å²) in [5.74, 6) is 0.336. The van der Waals surface area contributed by atoms with E-state index in [9.17, 15) is 4.79 Å². The van der Waals surface area contributed by atoms with Gasteiger partial charge in [0.05, 0.1) is 11.6 Å². The summed E-state index contributed by atoms with van der Waals surface area (Å²) in [5, 5.41) is 8.16. The first kappa shape index (κ1) is 30.4. The van der Waals surface area contributed by atoms with Gasteiger partial charge in [0.25, 0.3) is 5.91 Å². The van der Waals surface area contributed by atoms with Crippen molar-refractivity contribution in [2.24, 2.45) is 10.2 Å². The molecular weight excluding hydrogens is 476 g/mol. The molecular formula is C21H40N4O7Si2. The van der Waals surface area contributed by atoms with Gasteiger partial charge in [-0.25, -0.2) is 4.98 Å². The summed E-state index contributed by atoms with van der Waals surface area (Å²) in [6.45, 7) is 4.86. The van der Waals surface area contributed by atoms with Crippen LogP contribution in [0.3, 0.4) is 0 Å². The number of carbonyl (C=O) groups excluding carboxylic acids is 1. The van der Waals surface area contributed by atoms with Gasteiger partial charge in [0.2, 0.25) is 0 Å². The number of rotatable bonds is 17. The Morgan fingerprint density at radius 1 is 0.882 bits per heavy atom. The molecule has 0 aliphatic carbocycles. The third kappa shape index (κ3) is 9.22. The monoisotopic (exact) mass is 516 g/mol. The van der Waals surface area contributed by atoms with Crippen LogP contribution in [0, 0.1) is 0 Å². The molecule has 0 N–H and O–H groups in total. The summed E-state index contributed by atoms with van der Waals surface area (Å²) in [5.41, 5.74) is 0.478. The Labute approximate surface area is 205 Å². The van der Waals surface area contributed by atoms with Crippen LogP contribution in [0.25, 0.3) is 0 Å². The van der Waals surface area contributed by atoms with Gasteiger partial charge in [-0.15, -0.1) is 5.11 Å². The second kappa shape index (κ2) is 15.4. The van der Waals surface area contributed by atoms with E-state index in [0.717, 1.165) is 0 Å². The van der Waals surface area contributed by atoms with Gasteiger partial charge >= 0.3 is 17.6 Å². The fourth-order valence-corrected chi connectivity index (χ4v) is 6.74. The molecule has 0 saturated heterocycles. The highest BCUT2D eigenvalue weighted by atomic mass is 28.4. The van der Waals surface area contributed by atoms with Crippen molar-refractivity contribution in [1.82, 2.24) is 9.88 Å². The molecule has 0 spiro atoms. The van der Waals surface area contributed by atoms with Crippen molar-refractivity contribution < 1.29 is 31.4 Å². The summed E-state index contributed by atoms with van der Waals surface area (Å²) in [6.07, 6.45) is 2.84. The lowest BCUT2D eigenvalue weighted by Crippen LogP contribution is -2.44. The smallest absolute Gasteiger partial charge is 0.377 e. The molecule has 0 aliphatic rings. The number of azo groups is 1. The molecule has 34 heavy (non-hydrogen) atoms. The Bertz CT molecular complexity index is 703. The van der Waals surface area contributed by atoms with Gasteiger partial charge in [-0.2, -0.15) is 5.11 Å². The van der Waals surface area contributed by atoms with Crippen molar-refractivity contribution in [2.75, 3.05) is 55.7 Å². The third-order valence-electron chi connectivity index (χ3n) is 5.36. The van der Waals surface area contributed by atoms with Crippen molar-refractivity contribution in [3.8, 4) is 0 Å². The maximum Gasteiger partial charge on any atom is 0.500 e. The molecule has 0 saturated carbocycles. The lowest BCUT2D eigenvalue weighted by molar-refractivity contribution is 0.0739. The van der Waals surface area contributed by atoms with Gasteiger partial charge in [-0.05, 0) is 38.8 Å². The van der Waals surface area contributed by atoms with Crippen LogP contribution in [-0.2, 0) is 26.6 Å². The summed E-state index contributed by atoms with van der Waals surface area (Å²) in [4.78, 5) is 19.4. The van der Waals surface area contributed by atoms with Gasteiger partial charge in [0.15, 0.2) is 5.82 Å². The second-order valence-corrected chi connectivity index (χ2v) is 14.0. The minimum Gasteiger partial charge on any atom is -0.377 e. The van der Waals surface area contributed by atoms with E-state index in [1.807, 2.05) is 13.8 Å². The number of pyridine rings is 1. The summed E-state index contributed by atoms with van der Waals surface area (Å²) in [7, 11) is 4.02. The Morgan fingerprint density at radius 2 is 1.35 bits per heavy atom. The van der Waals surface area contributed by atoms with E-state index in [2.05, 4.69) is 15.2 Å². The molecule has 0 bridgehead atoms. The van der Waals surface area contributed by atoms with Crippen molar-refractivity contribution >= 4 is 29.3 Å². The standard InChI is InChI=1S/C21H40N4O7Si2/c1-18(2)23-24-20-12-11-19(17-22-20)21(26)25(13-9-15-33(27-3,28-4)29-5)14-10-16-34(30-6,31-7)32-8/h11-12,17-18H,9-10,13-16H2,1-8H3. The molecule has 194 valence electrons. The van der Waals surface area contributed by atoms with Crippen LogP contribution in [0.2, 0.25) is 12.1 Å². The fourth-order valence-electron chi connectivity index (χ4n) is 3.33. The van der Waals surface area contributed by atoms with Crippen LogP contribution in [0.1, 0.15) is 37.0 Å². The second-order valence-electron chi connectivity index (χ2n) is 7.80. The van der Waals surface area contributed by atoms with Gasteiger partial charge < -0.3 is 31.5 Å². The quantitative estimate of drug-likeness (QED) is 0.228. The first-order valence-corrected chi connectivity index (χ1v) is 15.1. The molecule has 1 heterocycles. The fraction of sp³-hybridized carbons (Fsp3) is 0.714. The number of aromatic nitrogens is 1. The molecule has 13 heteroatoms. The van der Waals surface area contributed by atoms with Crippen molar-refractivity contribution in [2.45, 2.75) is 44.8 Å². The molecule has 1 aromatic rings. The number of nitrogens with zero attached hydrogens (tertiary/aromatic N) is 4. The van der Waals surface area contributed by atoms with Crippen LogP contribution in [0.4, 0.5) is 5.82 Å². The van der Waals surface area contributed by atoms with Gasteiger partial charge in [-0.1, -0.05) is 0 Å². The highest BCUT2D eigenvalue weighted by molar-refractivity contribution is 6.60. The Balaban J connectivity index is 2.95. The largest absolute Gasteiger partial charge is 0.500 e. The zero-order valence-electron chi connectivity index (χ0n) is 21.7. The Morgan fingerprint density at radius 3 is 1.71 bits per heavy atom. The predicted molar refractivity (Wildman–Crippen MR) is 132 cm³/mol. The maximum atomic E-state index is 13.3. The van der Waals surface area contributed by atoms with E-state index in [0.29, 0.717) is 49.4 Å². The van der Waals surface area contributed by atoms with Crippen LogP contribution in [0.15, 0.2) is 28.6 Å². The number of carbonyl (C=O) groups is 1. The van der Waals surface area contributed by atoms with E-state index in [4.69, 9.17) is 26.6 Å². The average Bonchev–Trinajstić information content (AvgIpc) is 2.87. The molecule has 11 nitrogen and oxygen atoms in total. The lowest BCUT2D eigenvalue weighted by Gasteiger charge is -2.28. The molecule has 0 fully saturated rings. The zero-order valence-corrected chi connectivity index (χ0v) is 23.7. The van der Waals surface area contributed by atoms with E-state index in [1.54, 1.807) is 59.7 Å². The lowest BCUT2D eigenvalue weighted by atomic mass is 10.2. The first-order chi connectivity index (χ1) is 16.2. The van der Waals surface area contributed by atoms with Crippen molar-refractivity contribution in [1.29, 1.82) is 0 Å². The maximum absolute atomic E-state index is 13.3. The molecule has 0 aliphatic heterocycles. The van der Waals surface area contributed by atoms with Gasteiger partial charge in [0.1, 0.15) is 0 Å². The zero-order chi connectivity index (χ0) is 25.6. The first-order valence-electron chi connectivity index (χ1n) is 11.2. The SMILES string of the molecule is CO[Si](CCCN(CCC[Si](OC)(OC)OC)C(=O)c1ccc(N=NC(C)C)nc1)(OC)OC. The molecule has 0 unspecified atom stereocenters. The topological polar surface area (TPSA) is 113 Å². The molecule has 1 rings (SSSR count). The van der Waals surface area contributed by atoms with Crippen LogP contribution in [0.5, 0.6) is 0 Å². The number of hydrogen-bond acceptors (Lipinski definition) is 10. The van der Waals surface area contributed by atoms with Gasteiger partial charge in [0, 0.05) is 74.0 Å². The van der Waals surface area contributed by atoms with Crippen LogP contribution < -0.4 is 0 Å². The Kier molecular flexibility index (Phi) is 13.8. The molecule has 0 atom stereocenters. The molecule has 1 amide bonds. The van der Waals surface area contributed by atoms with Crippen molar-refractivity contribution in [3.05, 3.63) is 23.9 Å². The van der Waals surface area contributed by atoms with Gasteiger partial charge in [-0.3, -0.25) is 4.79 Å². The summed E-state index contributed by atoms with van der Waals surface area (Å²) < 4.78 is 33.0.